The van der Waals surface area contributed by atoms with Crippen LogP contribution in [0, 0.1) is 5.92 Å². The van der Waals surface area contributed by atoms with Crippen LogP contribution < -0.4 is 11.1 Å². The zero-order valence-electron chi connectivity index (χ0n) is 10.8. The highest BCUT2D eigenvalue weighted by atomic mass is 16.1. The van der Waals surface area contributed by atoms with Gasteiger partial charge in [-0.25, -0.2) is 0 Å². The average Bonchev–Trinajstić information content (AvgIpc) is 2.80. The van der Waals surface area contributed by atoms with E-state index in [9.17, 15) is 4.79 Å². The summed E-state index contributed by atoms with van der Waals surface area (Å²) < 4.78 is 0. The van der Waals surface area contributed by atoms with Crippen LogP contribution in [0.3, 0.4) is 0 Å². The van der Waals surface area contributed by atoms with Gasteiger partial charge in [0.15, 0.2) is 0 Å². The predicted octanol–water partition coefficient (Wildman–Crippen LogP) is 0.714. The van der Waals surface area contributed by atoms with Crippen LogP contribution in [-0.4, -0.2) is 42.5 Å². The predicted molar refractivity (Wildman–Crippen MR) is 68.6 cm³/mol. The molecule has 1 heterocycles. The van der Waals surface area contributed by atoms with E-state index in [1.807, 2.05) is 0 Å². The lowest BCUT2D eigenvalue weighted by atomic mass is 9.92. The molecule has 1 amide bonds. The standard InChI is InChI=1S/C13H25N3O/c1-10-8-15-7-6-12(10)16(9-13(14)17)11-4-2-3-5-11/h10-12,15H,2-9H2,1H3,(H2,14,17). The Kier molecular flexibility index (Phi) is 4.40. The first-order valence-electron chi connectivity index (χ1n) is 6.93. The molecule has 0 aromatic carbocycles. The van der Waals surface area contributed by atoms with Gasteiger partial charge in [-0.3, -0.25) is 9.69 Å². The van der Waals surface area contributed by atoms with Crippen molar-refractivity contribution in [2.45, 2.75) is 51.1 Å². The third kappa shape index (κ3) is 3.19. The summed E-state index contributed by atoms with van der Waals surface area (Å²) in [6.07, 6.45) is 6.23. The molecule has 1 aliphatic carbocycles. The Hall–Kier alpha value is -0.610. The lowest BCUT2D eigenvalue weighted by Crippen LogP contribution is -2.54. The first kappa shape index (κ1) is 12.8. The van der Waals surface area contributed by atoms with Gasteiger partial charge in [0.2, 0.25) is 5.91 Å². The highest BCUT2D eigenvalue weighted by Gasteiger charge is 2.33. The largest absolute Gasteiger partial charge is 0.369 e. The lowest BCUT2D eigenvalue weighted by Gasteiger charge is -2.41. The van der Waals surface area contributed by atoms with Crippen molar-refractivity contribution < 1.29 is 4.79 Å². The van der Waals surface area contributed by atoms with Gasteiger partial charge < -0.3 is 11.1 Å². The zero-order chi connectivity index (χ0) is 12.3. The van der Waals surface area contributed by atoms with Gasteiger partial charge in [-0.2, -0.15) is 0 Å². The first-order valence-corrected chi connectivity index (χ1v) is 6.93. The van der Waals surface area contributed by atoms with Crippen molar-refractivity contribution in [3.05, 3.63) is 0 Å². The molecule has 17 heavy (non-hydrogen) atoms. The Balaban J connectivity index is 2.04. The van der Waals surface area contributed by atoms with Gasteiger partial charge in [-0.15, -0.1) is 0 Å². The Bertz CT molecular complexity index is 263. The molecular formula is C13H25N3O. The van der Waals surface area contributed by atoms with E-state index in [0.717, 1.165) is 19.5 Å². The van der Waals surface area contributed by atoms with Crippen LogP contribution in [-0.2, 0) is 4.79 Å². The summed E-state index contributed by atoms with van der Waals surface area (Å²) in [6.45, 7) is 4.85. The summed E-state index contributed by atoms with van der Waals surface area (Å²) in [5, 5.41) is 3.42. The second-order valence-electron chi connectivity index (χ2n) is 5.61. The van der Waals surface area contributed by atoms with E-state index in [1.54, 1.807) is 0 Å². The summed E-state index contributed by atoms with van der Waals surface area (Å²) in [5.41, 5.74) is 5.42. The molecule has 0 bridgehead atoms. The number of amides is 1. The number of nitrogens with one attached hydrogen (secondary N) is 1. The van der Waals surface area contributed by atoms with Crippen molar-refractivity contribution in [1.29, 1.82) is 0 Å². The molecule has 1 saturated heterocycles. The fourth-order valence-corrected chi connectivity index (χ4v) is 3.43. The topological polar surface area (TPSA) is 58.4 Å². The minimum absolute atomic E-state index is 0.178. The summed E-state index contributed by atoms with van der Waals surface area (Å²) in [4.78, 5) is 13.7. The molecule has 2 aliphatic rings. The van der Waals surface area contributed by atoms with Gasteiger partial charge in [0, 0.05) is 12.1 Å². The normalized spacial score (nSPS) is 30.9. The fourth-order valence-electron chi connectivity index (χ4n) is 3.43. The molecule has 2 rings (SSSR count). The second kappa shape index (κ2) is 5.83. The van der Waals surface area contributed by atoms with Crippen molar-refractivity contribution in [2.24, 2.45) is 11.7 Å². The minimum atomic E-state index is -0.178. The van der Waals surface area contributed by atoms with Crippen LogP contribution in [0.4, 0.5) is 0 Å². The maximum Gasteiger partial charge on any atom is 0.231 e. The van der Waals surface area contributed by atoms with Crippen LogP contribution >= 0.6 is 0 Å². The molecule has 0 aromatic heterocycles. The van der Waals surface area contributed by atoms with Gasteiger partial charge in [0.25, 0.3) is 0 Å². The molecule has 1 aliphatic heterocycles. The minimum Gasteiger partial charge on any atom is -0.369 e. The zero-order valence-corrected chi connectivity index (χ0v) is 10.8. The molecule has 4 heteroatoms. The molecule has 3 N–H and O–H groups in total. The molecule has 0 spiro atoms. The highest BCUT2D eigenvalue weighted by molar-refractivity contribution is 5.76. The molecule has 2 unspecified atom stereocenters. The number of carbonyl (C=O) groups is 1. The van der Waals surface area contributed by atoms with Crippen LogP contribution in [0.2, 0.25) is 0 Å². The summed E-state index contributed by atoms with van der Waals surface area (Å²) in [5.74, 6) is 0.436. The Labute approximate surface area is 104 Å². The van der Waals surface area contributed by atoms with Crippen molar-refractivity contribution in [2.75, 3.05) is 19.6 Å². The van der Waals surface area contributed by atoms with E-state index >= 15 is 0 Å². The summed E-state index contributed by atoms with van der Waals surface area (Å²) in [7, 11) is 0. The van der Waals surface area contributed by atoms with Crippen molar-refractivity contribution in [3.8, 4) is 0 Å². The second-order valence-corrected chi connectivity index (χ2v) is 5.61. The van der Waals surface area contributed by atoms with Crippen LogP contribution in [0.15, 0.2) is 0 Å². The maximum absolute atomic E-state index is 11.3. The molecule has 1 saturated carbocycles. The Morgan fingerprint density at radius 2 is 2.06 bits per heavy atom. The Morgan fingerprint density at radius 3 is 2.65 bits per heavy atom. The number of piperidine rings is 1. The van der Waals surface area contributed by atoms with Crippen LogP contribution in [0.1, 0.15) is 39.0 Å². The van der Waals surface area contributed by atoms with Gasteiger partial charge in [0.1, 0.15) is 0 Å². The third-order valence-corrected chi connectivity index (χ3v) is 4.30. The molecular weight excluding hydrogens is 214 g/mol. The van der Waals surface area contributed by atoms with Crippen molar-refractivity contribution >= 4 is 5.91 Å². The van der Waals surface area contributed by atoms with Crippen molar-refractivity contribution in [1.82, 2.24) is 10.2 Å². The lowest BCUT2D eigenvalue weighted by molar-refractivity contribution is -0.121. The smallest absolute Gasteiger partial charge is 0.231 e. The maximum atomic E-state index is 11.3. The third-order valence-electron chi connectivity index (χ3n) is 4.30. The number of nitrogens with two attached hydrogens (primary N) is 1. The molecule has 98 valence electrons. The van der Waals surface area contributed by atoms with Crippen LogP contribution in [0.25, 0.3) is 0 Å². The SMILES string of the molecule is CC1CNCCC1N(CC(N)=O)C1CCCC1. The van der Waals surface area contributed by atoms with E-state index in [-0.39, 0.29) is 5.91 Å². The quantitative estimate of drug-likeness (QED) is 0.760. The van der Waals surface area contributed by atoms with Crippen molar-refractivity contribution in [3.63, 3.8) is 0 Å². The fraction of sp³-hybridized carbons (Fsp3) is 0.923. The summed E-state index contributed by atoms with van der Waals surface area (Å²) in [6, 6.07) is 1.12. The first-order chi connectivity index (χ1) is 8.18. The highest BCUT2D eigenvalue weighted by Crippen LogP contribution is 2.29. The van der Waals surface area contributed by atoms with Crippen LogP contribution in [0.5, 0.6) is 0 Å². The molecule has 0 aromatic rings. The molecule has 4 nitrogen and oxygen atoms in total. The average molecular weight is 239 g/mol. The summed E-state index contributed by atoms with van der Waals surface area (Å²) >= 11 is 0. The number of nitrogens with zero attached hydrogens (tertiary/aromatic N) is 1. The Morgan fingerprint density at radius 1 is 1.35 bits per heavy atom. The number of hydrogen-bond donors (Lipinski definition) is 2. The van der Waals surface area contributed by atoms with Gasteiger partial charge in [-0.05, 0) is 38.3 Å². The van der Waals surface area contributed by atoms with E-state index in [1.165, 1.54) is 25.7 Å². The molecule has 0 radical (unpaired) electrons. The van der Waals surface area contributed by atoms with Gasteiger partial charge in [0.05, 0.1) is 6.54 Å². The van der Waals surface area contributed by atoms with E-state index < -0.39 is 0 Å². The number of carbonyl (C=O) groups excluding carboxylic acids is 1. The molecule has 2 atom stereocenters. The van der Waals surface area contributed by atoms with E-state index in [4.69, 9.17) is 5.73 Å². The molecule has 2 fully saturated rings. The monoisotopic (exact) mass is 239 g/mol. The van der Waals surface area contributed by atoms with Gasteiger partial charge in [-0.1, -0.05) is 19.8 Å². The number of rotatable bonds is 4. The number of primary amides is 1. The van der Waals surface area contributed by atoms with E-state index in [2.05, 4.69) is 17.1 Å². The van der Waals surface area contributed by atoms with E-state index in [0.29, 0.717) is 24.5 Å². The number of hydrogen-bond acceptors (Lipinski definition) is 3. The van der Waals surface area contributed by atoms with Gasteiger partial charge >= 0.3 is 0 Å².